The van der Waals surface area contributed by atoms with Gasteiger partial charge in [-0.15, -0.1) is 0 Å². The number of hydrogen-bond acceptors (Lipinski definition) is 2. The van der Waals surface area contributed by atoms with Gasteiger partial charge >= 0.3 is 205 Å². The summed E-state index contributed by atoms with van der Waals surface area (Å²) >= 11 is -2.36. The summed E-state index contributed by atoms with van der Waals surface area (Å²) in [5.74, 6) is -0.912. The second kappa shape index (κ2) is 16.3. The summed E-state index contributed by atoms with van der Waals surface area (Å²) in [7, 11) is -1.90. The van der Waals surface area contributed by atoms with Crippen LogP contribution in [0, 0.1) is 0 Å². The summed E-state index contributed by atoms with van der Waals surface area (Å²) in [5, 5.41) is 8.97. The van der Waals surface area contributed by atoms with E-state index in [1.54, 1.807) is 6.08 Å². The van der Waals surface area contributed by atoms with Gasteiger partial charge in [-0.25, -0.2) is 0 Å². The van der Waals surface area contributed by atoms with Crippen molar-refractivity contribution in [3.05, 3.63) is 34.5 Å². The number of carboxylic acids is 1. The second-order valence-electron chi connectivity index (χ2n) is 10.8. The van der Waals surface area contributed by atoms with E-state index in [-0.39, 0.29) is 11.1 Å². The number of unbranched alkanes of at least 4 members (excludes halogenated alkanes) is 3. The molecule has 0 radical (unpaired) electrons. The monoisotopic (exact) mass is 572 g/mol. The van der Waals surface area contributed by atoms with Crippen LogP contribution in [0.25, 0.3) is 0 Å². The molecule has 0 bridgehead atoms. The third-order valence-corrected chi connectivity index (χ3v) is 25.5. The number of aliphatic carboxylic acids is 1. The van der Waals surface area contributed by atoms with Crippen LogP contribution in [0.4, 0.5) is 0 Å². The fourth-order valence-electron chi connectivity index (χ4n) is 3.67. The Morgan fingerprint density at radius 2 is 1.47 bits per heavy atom. The topological polar surface area (TPSA) is 46.5 Å². The van der Waals surface area contributed by atoms with E-state index in [0.717, 1.165) is 6.42 Å². The van der Waals surface area contributed by atoms with E-state index in [4.69, 9.17) is 9.53 Å². The zero-order valence-corrected chi connectivity index (χ0v) is 26.2. The van der Waals surface area contributed by atoms with Crippen LogP contribution in [0.2, 0.25) is 31.4 Å². The molecule has 0 aliphatic rings. The minimum absolute atomic E-state index is 0.0753. The van der Waals surface area contributed by atoms with E-state index in [9.17, 15) is 4.79 Å². The molecule has 0 aromatic heterocycles. The van der Waals surface area contributed by atoms with Gasteiger partial charge in [0, 0.05) is 0 Å². The van der Waals surface area contributed by atoms with E-state index in [0.29, 0.717) is 0 Å². The minimum atomic E-state index is -2.36. The van der Waals surface area contributed by atoms with Crippen molar-refractivity contribution < 1.29 is 14.3 Å². The molecule has 0 unspecified atom stereocenters. The Morgan fingerprint density at radius 1 is 0.969 bits per heavy atom. The normalized spacial score (nSPS) is 14.8. The van der Waals surface area contributed by atoms with Gasteiger partial charge in [0.05, 0.1) is 0 Å². The standard InChI is InChI=1S/C15H25O3Si.3C4H9.Sn/c1-7-13(11-9-8-10-12-14(16)17)18-19(5,6)15(2,3)4;3*1-3-4-2;/h1,7-10,12-13H,11H2,2-6H3,(H,16,17);3*1,3-4H2,2H3;/b7-1?,9-8+,12-10-;;;;/t13-;;;;/m1..../s1. The first-order chi connectivity index (χ1) is 14.9. The quantitative estimate of drug-likeness (QED) is 0.108. The maximum absolute atomic E-state index is 10.7. The molecule has 0 rings (SSSR count). The molecule has 0 aliphatic carbocycles. The molecule has 1 N–H and O–H groups in total. The molecule has 1 atom stereocenters. The molecule has 0 heterocycles. The number of carbonyl (C=O) groups is 1. The summed E-state index contributed by atoms with van der Waals surface area (Å²) in [5.41, 5.74) is 0. The van der Waals surface area contributed by atoms with E-state index >= 15 is 0 Å². The Labute approximate surface area is 204 Å². The summed E-state index contributed by atoms with van der Waals surface area (Å²) < 4.78 is 13.9. The van der Waals surface area contributed by atoms with Crippen LogP contribution in [-0.4, -0.2) is 43.9 Å². The zero-order valence-electron chi connectivity index (χ0n) is 22.4. The molecule has 0 fully saturated rings. The van der Waals surface area contributed by atoms with Gasteiger partial charge in [-0.1, -0.05) is 0 Å². The number of carboxylic acid groups (broad SMARTS) is 1. The van der Waals surface area contributed by atoms with Gasteiger partial charge < -0.3 is 0 Å². The van der Waals surface area contributed by atoms with Crippen molar-refractivity contribution in [2.45, 2.75) is 124 Å². The SMILES string of the molecule is CCC[CH2][Sn](/[CH]=C/[C@H](C/C=C/C=C\C(=O)O)O[Si](C)(C)C(C)(C)C)([CH2]CCC)[CH2]CCC. The predicted octanol–water partition coefficient (Wildman–Crippen LogP) is 8.91. The van der Waals surface area contributed by atoms with Crippen molar-refractivity contribution in [3.8, 4) is 0 Å². The molecule has 0 aromatic rings. The number of hydrogen-bond donors (Lipinski definition) is 1. The molecule has 3 nitrogen and oxygen atoms in total. The third-order valence-electron chi connectivity index (χ3n) is 6.86. The van der Waals surface area contributed by atoms with Crippen LogP contribution in [-0.2, 0) is 9.22 Å². The average Bonchev–Trinajstić information content (AvgIpc) is 2.70. The van der Waals surface area contributed by atoms with Crippen LogP contribution in [0.3, 0.4) is 0 Å². The zero-order chi connectivity index (χ0) is 24.7. The first-order valence-corrected chi connectivity index (χ1v) is 23.5. The third kappa shape index (κ3) is 13.4. The predicted molar refractivity (Wildman–Crippen MR) is 147 cm³/mol. The first kappa shape index (κ1) is 31.7. The summed E-state index contributed by atoms with van der Waals surface area (Å²) in [6.07, 6.45) is 17.9. The Kier molecular flexibility index (Phi) is 16.1. The average molecular weight is 572 g/mol. The van der Waals surface area contributed by atoms with Crippen LogP contribution < -0.4 is 0 Å². The molecule has 0 spiro atoms. The molecule has 186 valence electrons. The van der Waals surface area contributed by atoms with E-state index in [2.05, 4.69) is 70.9 Å². The fourth-order valence-corrected chi connectivity index (χ4v) is 19.4. The fraction of sp³-hybridized carbons (Fsp3) is 0.741. The second-order valence-corrected chi connectivity index (χ2v) is 28.6. The molecule has 0 aromatic carbocycles. The van der Waals surface area contributed by atoms with Crippen molar-refractivity contribution >= 4 is 32.7 Å². The Balaban J connectivity index is 5.82. The molecule has 0 aliphatic heterocycles. The molecule has 0 amide bonds. The summed E-state index contributed by atoms with van der Waals surface area (Å²) in [6, 6.07) is 0. The molecule has 5 heteroatoms. The van der Waals surface area contributed by atoms with Gasteiger partial charge in [-0.3, -0.25) is 0 Å². The maximum atomic E-state index is 10.7. The van der Waals surface area contributed by atoms with Crippen LogP contribution in [0.15, 0.2) is 34.5 Å². The Hall–Kier alpha value is -0.334. The van der Waals surface area contributed by atoms with Crippen LogP contribution in [0.5, 0.6) is 0 Å². The van der Waals surface area contributed by atoms with Gasteiger partial charge in [0.15, 0.2) is 0 Å². The molecular weight excluding hydrogens is 519 g/mol. The van der Waals surface area contributed by atoms with Crippen molar-refractivity contribution in [3.63, 3.8) is 0 Å². The van der Waals surface area contributed by atoms with Crippen molar-refractivity contribution in [2.24, 2.45) is 0 Å². The van der Waals surface area contributed by atoms with Gasteiger partial charge in [-0.2, -0.15) is 0 Å². The molecule has 0 saturated carbocycles. The summed E-state index contributed by atoms with van der Waals surface area (Å²) in [6.45, 7) is 18.5. The van der Waals surface area contributed by atoms with Gasteiger partial charge in [-0.05, 0) is 0 Å². The molecule has 0 saturated heterocycles. The molecule has 32 heavy (non-hydrogen) atoms. The van der Waals surface area contributed by atoms with Gasteiger partial charge in [0.2, 0.25) is 0 Å². The van der Waals surface area contributed by atoms with E-state index in [1.165, 1.54) is 57.9 Å². The Bertz CT molecular complexity index is 581. The number of allylic oxidation sites excluding steroid dienone is 2. The van der Waals surface area contributed by atoms with Crippen molar-refractivity contribution in [1.82, 2.24) is 0 Å². The van der Waals surface area contributed by atoms with Gasteiger partial charge in [0.25, 0.3) is 0 Å². The van der Waals surface area contributed by atoms with Gasteiger partial charge in [0.1, 0.15) is 0 Å². The van der Waals surface area contributed by atoms with Crippen LogP contribution >= 0.6 is 0 Å². The van der Waals surface area contributed by atoms with Crippen LogP contribution in [0.1, 0.15) is 86.5 Å². The van der Waals surface area contributed by atoms with E-state index in [1.807, 2.05) is 6.08 Å². The first-order valence-electron chi connectivity index (χ1n) is 12.9. The summed E-state index contributed by atoms with van der Waals surface area (Å²) in [4.78, 5) is 10.7. The number of rotatable bonds is 17. The van der Waals surface area contributed by atoms with Crippen molar-refractivity contribution in [2.75, 3.05) is 0 Å². The van der Waals surface area contributed by atoms with Crippen molar-refractivity contribution in [1.29, 1.82) is 0 Å². The Morgan fingerprint density at radius 3 is 1.88 bits per heavy atom. The molecular formula is C27H52O3SiSn. The van der Waals surface area contributed by atoms with E-state index < -0.39 is 32.7 Å².